The first kappa shape index (κ1) is 18.3. The van der Waals surface area contributed by atoms with Crippen LogP contribution in [0.1, 0.15) is 23.7 Å². The molecule has 0 N–H and O–H groups in total. The van der Waals surface area contributed by atoms with Crippen LogP contribution in [-0.4, -0.2) is 33.2 Å². The quantitative estimate of drug-likeness (QED) is 0.576. The Morgan fingerprint density at radius 1 is 1.32 bits per heavy atom. The van der Waals surface area contributed by atoms with Crippen LogP contribution in [0.5, 0.6) is 0 Å². The second-order valence-electron chi connectivity index (χ2n) is 6.55. The predicted octanol–water partition coefficient (Wildman–Crippen LogP) is 3.40. The van der Waals surface area contributed by atoms with Crippen molar-refractivity contribution in [1.82, 2.24) is 9.80 Å². The van der Waals surface area contributed by atoms with Gasteiger partial charge in [-0.1, -0.05) is 30.0 Å². The lowest BCUT2D eigenvalue weighted by Gasteiger charge is -2.40. The van der Waals surface area contributed by atoms with E-state index < -0.39 is 10.8 Å². The van der Waals surface area contributed by atoms with Gasteiger partial charge in [-0.2, -0.15) is 5.26 Å². The average molecular weight is 396 g/mol. The highest BCUT2D eigenvalue weighted by Gasteiger charge is 2.40. The smallest absolute Gasteiger partial charge is 0.273 e. The van der Waals surface area contributed by atoms with Crippen molar-refractivity contribution in [2.75, 3.05) is 12.5 Å². The number of furan rings is 1. The van der Waals surface area contributed by atoms with Gasteiger partial charge in [0.25, 0.3) is 5.69 Å². The fraction of sp³-hybridized carbons (Fsp3) is 0.263. The number of para-hydroxylation sites is 1. The monoisotopic (exact) mass is 396 g/mol. The van der Waals surface area contributed by atoms with E-state index in [-0.39, 0.29) is 18.0 Å². The van der Waals surface area contributed by atoms with Gasteiger partial charge in [0.2, 0.25) is 5.91 Å². The molecule has 2 aliphatic rings. The molecular formula is C19H16N4O4S. The summed E-state index contributed by atoms with van der Waals surface area (Å²) in [5, 5.41) is 21.8. The summed E-state index contributed by atoms with van der Waals surface area (Å²) >= 11 is 1.40. The van der Waals surface area contributed by atoms with Crippen LogP contribution < -0.4 is 0 Å². The third-order valence-corrected chi connectivity index (χ3v) is 6.03. The molecule has 1 unspecified atom stereocenters. The van der Waals surface area contributed by atoms with Crippen molar-refractivity contribution in [2.45, 2.75) is 18.9 Å². The number of nitro benzene ring substituents is 1. The van der Waals surface area contributed by atoms with Crippen LogP contribution in [0.2, 0.25) is 0 Å². The minimum absolute atomic E-state index is 0.0341. The Morgan fingerprint density at radius 3 is 2.86 bits per heavy atom. The summed E-state index contributed by atoms with van der Waals surface area (Å²) < 4.78 is 5.37. The molecule has 1 saturated heterocycles. The van der Waals surface area contributed by atoms with E-state index in [1.165, 1.54) is 17.8 Å². The zero-order valence-electron chi connectivity index (χ0n) is 14.8. The number of thioether (sulfide) groups is 1. The van der Waals surface area contributed by atoms with Gasteiger partial charge in [-0.05, 0) is 12.1 Å². The number of nitriles is 1. The van der Waals surface area contributed by atoms with E-state index in [1.807, 2.05) is 17.0 Å². The van der Waals surface area contributed by atoms with Gasteiger partial charge in [0, 0.05) is 24.0 Å². The number of rotatable bonds is 4. The molecule has 9 heteroatoms. The lowest BCUT2D eigenvalue weighted by atomic mass is 9.85. The number of amides is 1. The topological polar surface area (TPSA) is 104 Å². The molecule has 0 saturated carbocycles. The molecule has 28 heavy (non-hydrogen) atoms. The van der Waals surface area contributed by atoms with E-state index in [0.29, 0.717) is 35.3 Å². The number of hydrogen-bond donors (Lipinski definition) is 0. The molecule has 0 aliphatic carbocycles. The van der Waals surface area contributed by atoms with Crippen LogP contribution in [0, 0.1) is 21.4 Å². The van der Waals surface area contributed by atoms with Crippen molar-refractivity contribution in [3.63, 3.8) is 0 Å². The third kappa shape index (κ3) is 3.28. The van der Waals surface area contributed by atoms with Crippen LogP contribution in [-0.2, 0) is 11.3 Å². The van der Waals surface area contributed by atoms with Crippen LogP contribution >= 0.6 is 11.8 Å². The van der Waals surface area contributed by atoms with Gasteiger partial charge in [-0.25, -0.2) is 0 Å². The Balaban J connectivity index is 1.66. The lowest BCUT2D eigenvalue weighted by molar-refractivity contribution is -0.385. The van der Waals surface area contributed by atoms with Gasteiger partial charge in [-0.3, -0.25) is 24.7 Å². The van der Waals surface area contributed by atoms with E-state index in [9.17, 15) is 20.2 Å². The van der Waals surface area contributed by atoms with Crippen molar-refractivity contribution in [1.29, 1.82) is 5.26 Å². The fourth-order valence-corrected chi connectivity index (χ4v) is 4.68. The van der Waals surface area contributed by atoms with E-state index in [0.717, 1.165) is 5.76 Å². The molecule has 0 radical (unpaired) electrons. The summed E-state index contributed by atoms with van der Waals surface area (Å²) in [7, 11) is 0. The average Bonchev–Trinajstić information content (AvgIpc) is 3.21. The van der Waals surface area contributed by atoms with Gasteiger partial charge in [0.05, 0.1) is 46.9 Å². The highest BCUT2D eigenvalue weighted by atomic mass is 32.2. The maximum atomic E-state index is 12.9. The van der Waals surface area contributed by atoms with Gasteiger partial charge in [0.1, 0.15) is 5.76 Å². The summed E-state index contributed by atoms with van der Waals surface area (Å²) in [6, 6.07) is 12.2. The summed E-state index contributed by atoms with van der Waals surface area (Å²) in [5.74, 6) is 0.647. The minimum atomic E-state index is -0.602. The lowest BCUT2D eigenvalue weighted by Crippen LogP contribution is -2.46. The first-order chi connectivity index (χ1) is 13.6. The normalized spacial score (nSPS) is 20.0. The summed E-state index contributed by atoms with van der Waals surface area (Å²) in [4.78, 5) is 27.4. The Hall–Kier alpha value is -3.09. The van der Waals surface area contributed by atoms with Crippen molar-refractivity contribution in [3.8, 4) is 6.07 Å². The van der Waals surface area contributed by atoms with Gasteiger partial charge in [0.15, 0.2) is 0 Å². The fourth-order valence-electron chi connectivity index (χ4n) is 3.54. The Kier molecular flexibility index (Phi) is 4.90. The zero-order chi connectivity index (χ0) is 19.7. The first-order valence-corrected chi connectivity index (χ1v) is 9.62. The number of hydrogen-bond acceptors (Lipinski definition) is 7. The van der Waals surface area contributed by atoms with Crippen molar-refractivity contribution >= 4 is 23.4 Å². The standard InChI is InChI=1S/C19H16N4O4S/c20-9-16-15(14-5-1-2-6-17(14)23(25)26)8-18(24)22-11-21(12-28-19(16)22)10-13-4-3-7-27-13/h1-7,15H,8,10-12H2. The third-order valence-electron chi connectivity index (χ3n) is 4.82. The van der Waals surface area contributed by atoms with E-state index in [2.05, 4.69) is 6.07 Å². The number of nitro groups is 1. The Labute approximate surface area is 165 Å². The zero-order valence-corrected chi connectivity index (χ0v) is 15.6. The molecular weight excluding hydrogens is 380 g/mol. The van der Waals surface area contributed by atoms with Gasteiger partial charge in [-0.15, -0.1) is 0 Å². The Bertz CT molecular complexity index is 996. The maximum absolute atomic E-state index is 12.9. The molecule has 1 aromatic carbocycles. The van der Waals surface area contributed by atoms with Crippen LogP contribution in [0.25, 0.3) is 0 Å². The number of nitrogens with zero attached hydrogens (tertiary/aromatic N) is 4. The molecule has 142 valence electrons. The molecule has 0 bridgehead atoms. The largest absolute Gasteiger partial charge is 0.468 e. The second kappa shape index (κ2) is 7.50. The van der Waals surface area contributed by atoms with Gasteiger partial charge >= 0.3 is 0 Å². The summed E-state index contributed by atoms with van der Waals surface area (Å²) in [6.45, 7) is 0.920. The SMILES string of the molecule is N#CC1=C2SCN(Cc3ccco3)CN2C(=O)CC1c1ccccc1[N+](=O)[O-]. The van der Waals surface area contributed by atoms with Crippen molar-refractivity contribution < 1.29 is 14.1 Å². The molecule has 2 aromatic rings. The second-order valence-corrected chi connectivity index (χ2v) is 7.48. The molecule has 3 heterocycles. The number of benzene rings is 1. The van der Waals surface area contributed by atoms with Crippen LogP contribution in [0.15, 0.2) is 57.7 Å². The van der Waals surface area contributed by atoms with Crippen LogP contribution in [0.4, 0.5) is 5.69 Å². The number of carbonyl (C=O) groups excluding carboxylic acids is 1. The number of allylic oxidation sites excluding steroid dienone is 1. The highest BCUT2D eigenvalue weighted by molar-refractivity contribution is 8.03. The van der Waals surface area contributed by atoms with E-state index in [4.69, 9.17) is 4.42 Å². The molecule has 1 aromatic heterocycles. The van der Waals surface area contributed by atoms with Gasteiger partial charge < -0.3 is 4.42 Å². The molecule has 0 spiro atoms. The Morgan fingerprint density at radius 2 is 2.14 bits per heavy atom. The summed E-state index contributed by atoms with van der Waals surface area (Å²) in [5.41, 5.74) is 0.752. The molecule has 1 atom stereocenters. The molecule has 1 fully saturated rings. The molecule has 8 nitrogen and oxygen atoms in total. The van der Waals surface area contributed by atoms with E-state index in [1.54, 1.807) is 29.4 Å². The van der Waals surface area contributed by atoms with E-state index >= 15 is 0 Å². The molecule has 2 aliphatic heterocycles. The maximum Gasteiger partial charge on any atom is 0.273 e. The number of fused-ring (bicyclic) bond motifs is 1. The highest BCUT2D eigenvalue weighted by Crippen LogP contribution is 2.44. The van der Waals surface area contributed by atoms with Crippen molar-refractivity contribution in [3.05, 3.63) is 74.7 Å². The number of carbonyl (C=O) groups is 1. The molecule has 1 amide bonds. The molecule has 4 rings (SSSR count). The predicted molar refractivity (Wildman–Crippen MR) is 102 cm³/mol. The van der Waals surface area contributed by atoms with Crippen molar-refractivity contribution in [2.24, 2.45) is 0 Å². The summed E-state index contributed by atoms with van der Waals surface area (Å²) in [6.07, 6.45) is 1.64. The minimum Gasteiger partial charge on any atom is -0.468 e. The first-order valence-electron chi connectivity index (χ1n) is 8.64. The van der Waals surface area contributed by atoms with Crippen LogP contribution in [0.3, 0.4) is 0 Å².